The van der Waals surface area contributed by atoms with E-state index in [0.29, 0.717) is 6.42 Å². The Hall–Kier alpha value is -3.30. The summed E-state index contributed by atoms with van der Waals surface area (Å²) in [5, 5.41) is 3.13. The molecule has 2 saturated heterocycles. The lowest BCUT2D eigenvalue weighted by atomic mass is 9.74. The Kier molecular flexibility index (Phi) is 7.54. The van der Waals surface area contributed by atoms with Gasteiger partial charge in [0.25, 0.3) is 5.91 Å². The number of rotatable bonds is 8. The average Bonchev–Trinajstić information content (AvgIpc) is 3.12. The molecule has 0 aromatic heterocycles. The molecule has 6 heteroatoms. The fourth-order valence-electron chi connectivity index (χ4n) is 5.16. The molecule has 2 heterocycles. The van der Waals surface area contributed by atoms with Crippen LogP contribution in [0.25, 0.3) is 0 Å². The summed E-state index contributed by atoms with van der Waals surface area (Å²) in [7, 11) is 1.67. The molecule has 2 fully saturated rings. The van der Waals surface area contributed by atoms with E-state index in [1.165, 1.54) is 16.0 Å². The van der Waals surface area contributed by atoms with Gasteiger partial charge in [0.15, 0.2) is 0 Å². The molecule has 0 radical (unpaired) electrons. The molecule has 0 bridgehead atoms. The lowest BCUT2D eigenvalue weighted by Crippen LogP contribution is -2.56. The maximum Gasteiger partial charge on any atom is 0.325 e. The molecule has 2 aliphatic heterocycles. The number of hydrogen-bond donors (Lipinski definition) is 1. The second-order valence-electron chi connectivity index (χ2n) is 9.10. The predicted molar refractivity (Wildman–Crippen MR) is 132 cm³/mol. The number of aryl methyl sites for hydroxylation is 1. The number of carbonyl (C=O) groups excluding carboxylic acids is 2. The highest BCUT2D eigenvalue weighted by molar-refractivity contribution is 6.07. The van der Waals surface area contributed by atoms with Crippen LogP contribution in [-0.2, 0) is 17.8 Å². The van der Waals surface area contributed by atoms with Gasteiger partial charge in [-0.1, -0.05) is 48.4 Å². The molecule has 178 valence electrons. The van der Waals surface area contributed by atoms with E-state index < -0.39 is 5.54 Å². The molecular formula is C28H33N3O3. The normalized spacial score (nSPS) is 21.2. The van der Waals surface area contributed by atoms with E-state index in [2.05, 4.69) is 46.3 Å². The number of carbonyl (C=O) groups is 2. The van der Waals surface area contributed by atoms with Crippen LogP contribution >= 0.6 is 0 Å². The molecule has 4 rings (SSSR count). The van der Waals surface area contributed by atoms with Crippen LogP contribution in [0.1, 0.15) is 37.3 Å². The fraction of sp³-hybridized carbons (Fsp3) is 0.429. The molecule has 6 nitrogen and oxygen atoms in total. The van der Waals surface area contributed by atoms with Gasteiger partial charge in [-0.25, -0.2) is 4.79 Å². The number of nitrogens with zero attached hydrogens (tertiary/aromatic N) is 2. The van der Waals surface area contributed by atoms with Gasteiger partial charge < -0.3 is 10.1 Å². The van der Waals surface area contributed by atoms with Crippen LogP contribution in [0.3, 0.4) is 0 Å². The Morgan fingerprint density at radius 3 is 2.38 bits per heavy atom. The number of imide groups is 1. The largest absolute Gasteiger partial charge is 0.497 e. The number of likely N-dealkylation sites (tertiary alicyclic amines) is 1. The van der Waals surface area contributed by atoms with Crippen LogP contribution in [0.2, 0.25) is 0 Å². The lowest BCUT2D eigenvalue weighted by Gasteiger charge is -2.41. The van der Waals surface area contributed by atoms with E-state index in [9.17, 15) is 9.59 Å². The number of nitrogens with one attached hydrogen (secondary N) is 1. The zero-order valence-electron chi connectivity index (χ0n) is 20.0. The molecule has 1 atom stereocenters. The summed E-state index contributed by atoms with van der Waals surface area (Å²) >= 11 is 0. The first kappa shape index (κ1) is 23.8. The summed E-state index contributed by atoms with van der Waals surface area (Å²) in [6.45, 7) is 4.51. The van der Waals surface area contributed by atoms with Gasteiger partial charge in [-0.05, 0) is 74.9 Å². The van der Waals surface area contributed by atoms with Crippen molar-refractivity contribution < 1.29 is 14.3 Å². The van der Waals surface area contributed by atoms with Crippen LogP contribution in [0.15, 0.2) is 54.6 Å². The van der Waals surface area contributed by atoms with Gasteiger partial charge in [0.2, 0.25) is 0 Å². The number of ether oxygens (including phenoxy) is 1. The van der Waals surface area contributed by atoms with Crippen molar-refractivity contribution >= 4 is 11.9 Å². The van der Waals surface area contributed by atoms with Crippen LogP contribution in [0.5, 0.6) is 5.75 Å². The summed E-state index contributed by atoms with van der Waals surface area (Å²) in [6, 6.07) is 18.0. The van der Waals surface area contributed by atoms with Crippen molar-refractivity contribution in [1.29, 1.82) is 0 Å². The number of benzene rings is 2. The molecule has 0 aliphatic carbocycles. The van der Waals surface area contributed by atoms with E-state index in [0.717, 1.165) is 44.6 Å². The van der Waals surface area contributed by atoms with Crippen molar-refractivity contribution in [2.45, 2.75) is 44.7 Å². The first-order valence-corrected chi connectivity index (χ1v) is 12.0. The van der Waals surface area contributed by atoms with Gasteiger partial charge in [0, 0.05) is 6.54 Å². The molecule has 1 N–H and O–H groups in total. The van der Waals surface area contributed by atoms with Crippen molar-refractivity contribution in [3.05, 3.63) is 65.7 Å². The number of methoxy groups -OCH3 is 1. The second-order valence-corrected chi connectivity index (χ2v) is 9.10. The van der Waals surface area contributed by atoms with E-state index in [1.54, 1.807) is 14.0 Å². The molecule has 0 spiro atoms. The summed E-state index contributed by atoms with van der Waals surface area (Å²) in [4.78, 5) is 30.2. The van der Waals surface area contributed by atoms with Crippen molar-refractivity contribution in [3.63, 3.8) is 0 Å². The Morgan fingerprint density at radius 2 is 1.74 bits per heavy atom. The molecule has 2 aromatic carbocycles. The number of hydrogen-bond acceptors (Lipinski definition) is 4. The fourth-order valence-corrected chi connectivity index (χ4v) is 5.16. The van der Waals surface area contributed by atoms with Crippen LogP contribution in [0.4, 0.5) is 4.79 Å². The molecule has 2 aliphatic rings. The van der Waals surface area contributed by atoms with Crippen LogP contribution in [0, 0.1) is 17.8 Å². The second kappa shape index (κ2) is 10.8. The quantitative estimate of drug-likeness (QED) is 0.481. The van der Waals surface area contributed by atoms with E-state index >= 15 is 0 Å². The van der Waals surface area contributed by atoms with Crippen LogP contribution < -0.4 is 10.1 Å². The number of amides is 3. The minimum Gasteiger partial charge on any atom is -0.497 e. The van der Waals surface area contributed by atoms with E-state index in [1.807, 2.05) is 30.3 Å². The topological polar surface area (TPSA) is 61.9 Å². The van der Waals surface area contributed by atoms with Gasteiger partial charge in [-0.2, -0.15) is 0 Å². The summed E-state index contributed by atoms with van der Waals surface area (Å²) in [5.74, 6) is 6.52. The first-order chi connectivity index (χ1) is 16.6. The van der Waals surface area contributed by atoms with Crippen molar-refractivity contribution in [1.82, 2.24) is 15.1 Å². The molecule has 0 unspecified atom stereocenters. The standard InChI is InChI=1S/C28H33N3O3/c1-3-4-18-31-26(32)28(29-27(31)33,17-14-22-8-6-5-7-9-22)24-15-19-30(20-16-24)21-23-10-12-25(34-2)13-11-23/h5-13,24H,14-21H2,1-2H3,(H,29,33)/t28-/m1/s1. The first-order valence-electron chi connectivity index (χ1n) is 12.0. The summed E-state index contributed by atoms with van der Waals surface area (Å²) in [5.41, 5.74) is 1.55. The maximum atomic E-state index is 13.6. The Balaban J connectivity index is 1.47. The predicted octanol–water partition coefficient (Wildman–Crippen LogP) is 3.85. The monoisotopic (exact) mass is 459 g/mol. The average molecular weight is 460 g/mol. The van der Waals surface area contributed by atoms with Gasteiger partial charge in [-0.3, -0.25) is 14.6 Å². The highest BCUT2D eigenvalue weighted by Crippen LogP contribution is 2.37. The molecule has 0 saturated carbocycles. The Bertz CT molecular complexity index is 1050. The Morgan fingerprint density at radius 1 is 1.03 bits per heavy atom. The third-order valence-electron chi connectivity index (χ3n) is 7.12. The smallest absolute Gasteiger partial charge is 0.325 e. The minimum absolute atomic E-state index is 0.0966. The van der Waals surface area contributed by atoms with Gasteiger partial charge >= 0.3 is 6.03 Å². The third-order valence-corrected chi connectivity index (χ3v) is 7.12. The molecule has 34 heavy (non-hydrogen) atoms. The third kappa shape index (κ3) is 5.10. The summed E-state index contributed by atoms with van der Waals surface area (Å²) < 4.78 is 5.26. The zero-order valence-corrected chi connectivity index (χ0v) is 20.0. The summed E-state index contributed by atoms with van der Waals surface area (Å²) in [6.07, 6.45) is 3.07. The van der Waals surface area contributed by atoms with E-state index in [4.69, 9.17) is 4.74 Å². The highest BCUT2D eigenvalue weighted by Gasteiger charge is 2.55. The van der Waals surface area contributed by atoms with Crippen molar-refractivity contribution in [2.75, 3.05) is 26.7 Å². The van der Waals surface area contributed by atoms with Gasteiger partial charge in [0.1, 0.15) is 11.3 Å². The van der Waals surface area contributed by atoms with Crippen LogP contribution in [-0.4, -0.2) is 54.0 Å². The molecular weight excluding hydrogens is 426 g/mol. The van der Waals surface area contributed by atoms with E-state index in [-0.39, 0.29) is 24.4 Å². The van der Waals surface area contributed by atoms with Gasteiger partial charge in [-0.15, -0.1) is 5.92 Å². The SMILES string of the molecule is CC#CCN1C(=O)N[C@](CCc2ccccc2)(C2CCN(Cc3ccc(OC)cc3)CC2)C1=O. The van der Waals surface area contributed by atoms with Gasteiger partial charge in [0.05, 0.1) is 13.7 Å². The van der Waals surface area contributed by atoms with Crippen molar-refractivity contribution in [2.24, 2.45) is 5.92 Å². The zero-order chi connectivity index (χ0) is 24.0. The number of piperidine rings is 1. The highest BCUT2D eigenvalue weighted by atomic mass is 16.5. The number of urea groups is 1. The lowest BCUT2D eigenvalue weighted by molar-refractivity contribution is -0.134. The minimum atomic E-state index is -0.867. The molecule has 3 amide bonds. The van der Waals surface area contributed by atoms with Crippen molar-refractivity contribution in [3.8, 4) is 17.6 Å². The Labute approximate surface area is 202 Å². The molecule has 2 aromatic rings. The maximum absolute atomic E-state index is 13.6.